The summed E-state index contributed by atoms with van der Waals surface area (Å²) in [6.45, 7) is 11.6. The number of pyridine rings is 1. The van der Waals surface area contributed by atoms with Crippen LogP contribution in [0.25, 0.3) is 0 Å². The molecule has 0 bridgehead atoms. The molecule has 1 aromatic rings. The lowest BCUT2D eigenvalue weighted by molar-refractivity contribution is 0.124. The number of hydrogen-bond donors (Lipinski definition) is 1. The third kappa shape index (κ3) is 4.30. The van der Waals surface area contributed by atoms with Gasteiger partial charge in [-0.05, 0) is 43.1 Å². The number of rotatable bonds is 4. The van der Waals surface area contributed by atoms with Crippen LogP contribution >= 0.6 is 0 Å². The molecule has 118 valence electrons. The van der Waals surface area contributed by atoms with Gasteiger partial charge in [-0.2, -0.15) is 0 Å². The molecule has 1 aliphatic rings. The minimum Gasteiger partial charge on any atom is -0.412 e. The molecule has 2 atom stereocenters. The molecule has 1 aliphatic carbocycles. The standard InChI is InChI=1S/C17H30N2OSi/c1-17(2,3)21(4,5)20-15-11-7-6-10-14(15)19-16-12-8-9-13-18-16/h8-9,12-15H,6-7,10-11H2,1-5H3,(H,18,19)/t14-,15-/m0/s1. The summed E-state index contributed by atoms with van der Waals surface area (Å²) in [5.74, 6) is 0.966. The lowest BCUT2D eigenvalue weighted by Crippen LogP contribution is -2.49. The van der Waals surface area contributed by atoms with Gasteiger partial charge in [0.15, 0.2) is 8.32 Å². The van der Waals surface area contributed by atoms with Crippen molar-refractivity contribution in [3.05, 3.63) is 24.4 Å². The lowest BCUT2D eigenvalue weighted by Gasteiger charge is -2.43. The Kier molecular flexibility index (Phi) is 5.10. The number of aromatic nitrogens is 1. The first-order chi connectivity index (χ1) is 9.79. The van der Waals surface area contributed by atoms with Crippen LogP contribution in [0.15, 0.2) is 24.4 Å². The molecule has 0 unspecified atom stereocenters. The smallest absolute Gasteiger partial charge is 0.192 e. The van der Waals surface area contributed by atoms with Crippen molar-refractivity contribution in [2.45, 2.75) is 76.7 Å². The van der Waals surface area contributed by atoms with E-state index in [-0.39, 0.29) is 5.04 Å². The van der Waals surface area contributed by atoms with Gasteiger partial charge in [-0.15, -0.1) is 0 Å². The second kappa shape index (κ2) is 6.49. The summed E-state index contributed by atoms with van der Waals surface area (Å²) in [7, 11) is -1.71. The molecule has 4 heteroatoms. The van der Waals surface area contributed by atoms with Crippen molar-refractivity contribution in [3.8, 4) is 0 Å². The zero-order valence-corrected chi connectivity index (χ0v) is 15.1. The van der Waals surface area contributed by atoms with Crippen LogP contribution in [0.1, 0.15) is 46.5 Å². The van der Waals surface area contributed by atoms with Crippen molar-refractivity contribution < 1.29 is 4.43 Å². The summed E-state index contributed by atoms with van der Waals surface area (Å²) >= 11 is 0. The van der Waals surface area contributed by atoms with E-state index in [1.54, 1.807) is 0 Å². The molecule has 0 radical (unpaired) electrons. The van der Waals surface area contributed by atoms with E-state index in [2.05, 4.69) is 44.2 Å². The molecule has 0 aliphatic heterocycles. The Bertz CT molecular complexity index is 442. The fourth-order valence-electron chi connectivity index (χ4n) is 2.60. The Morgan fingerprint density at radius 2 is 1.90 bits per heavy atom. The summed E-state index contributed by atoms with van der Waals surface area (Å²) in [5.41, 5.74) is 0. The topological polar surface area (TPSA) is 34.1 Å². The van der Waals surface area contributed by atoms with Gasteiger partial charge >= 0.3 is 0 Å². The second-order valence-electron chi connectivity index (χ2n) is 7.67. The largest absolute Gasteiger partial charge is 0.412 e. The fraction of sp³-hybridized carbons (Fsp3) is 0.706. The van der Waals surface area contributed by atoms with E-state index < -0.39 is 8.32 Å². The molecule has 0 amide bonds. The van der Waals surface area contributed by atoms with Gasteiger partial charge in [0, 0.05) is 6.20 Å². The normalized spacial score (nSPS) is 23.9. The van der Waals surface area contributed by atoms with Gasteiger partial charge < -0.3 is 9.74 Å². The molecule has 1 aromatic heterocycles. The molecule has 3 nitrogen and oxygen atoms in total. The van der Waals surface area contributed by atoms with Gasteiger partial charge in [0.2, 0.25) is 0 Å². The third-order valence-corrected chi connectivity index (χ3v) is 9.46. The van der Waals surface area contributed by atoms with Gasteiger partial charge in [-0.3, -0.25) is 0 Å². The summed E-state index contributed by atoms with van der Waals surface area (Å²) in [5, 5.41) is 3.85. The van der Waals surface area contributed by atoms with Crippen molar-refractivity contribution >= 4 is 14.1 Å². The van der Waals surface area contributed by atoms with E-state index in [0.717, 1.165) is 12.2 Å². The average molecular weight is 307 g/mol. The van der Waals surface area contributed by atoms with Gasteiger partial charge in [0.25, 0.3) is 0 Å². The molecule has 2 rings (SSSR count). The van der Waals surface area contributed by atoms with Gasteiger partial charge in [0.1, 0.15) is 5.82 Å². The van der Waals surface area contributed by atoms with Crippen molar-refractivity contribution in [3.63, 3.8) is 0 Å². The first kappa shape index (κ1) is 16.5. The lowest BCUT2D eigenvalue weighted by atomic mass is 9.92. The Balaban J connectivity index is 2.05. The van der Waals surface area contributed by atoms with E-state index in [1.807, 2.05) is 24.4 Å². The quantitative estimate of drug-likeness (QED) is 0.809. The zero-order chi connectivity index (χ0) is 15.5. The monoisotopic (exact) mass is 306 g/mol. The van der Waals surface area contributed by atoms with Gasteiger partial charge in [0.05, 0.1) is 12.1 Å². The molecule has 21 heavy (non-hydrogen) atoms. The second-order valence-corrected chi connectivity index (χ2v) is 12.4. The molecule has 1 N–H and O–H groups in total. The summed E-state index contributed by atoms with van der Waals surface area (Å²) < 4.78 is 6.68. The number of nitrogens with one attached hydrogen (secondary N) is 1. The SMILES string of the molecule is CC(C)(C)[Si](C)(C)O[C@H]1CCCC[C@@H]1Nc1ccccn1. The maximum Gasteiger partial charge on any atom is 0.192 e. The number of hydrogen-bond acceptors (Lipinski definition) is 3. The summed E-state index contributed by atoms with van der Waals surface area (Å²) in [4.78, 5) is 4.40. The van der Waals surface area contributed by atoms with Crippen LogP contribution in [0.3, 0.4) is 0 Å². The first-order valence-electron chi connectivity index (χ1n) is 8.15. The van der Waals surface area contributed by atoms with E-state index in [0.29, 0.717) is 12.1 Å². The van der Waals surface area contributed by atoms with Crippen molar-refractivity contribution in [2.24, 2.45) is 0 Å². The Morgan fingerprint density at radius 3 is 2.52 bits per heavy atom. The summed E-state index contributed by atoms with van der Waals surface area (Å²) in [6, 6.07) is 6.41. The molecular weight excluding hydrogens is 276 g/mol. The van der Waals surface area contributed by atoms with Gasteiger partial charge in [-0.25, -0.2) is 4.98 Å². The minimum atomic E-state index is -1.71. The Labute approximate surface area is 130 Å². The van der Waals surface area contributed by atoms with Crippen LogP contribution in [0.5, 0.6) is 0 Å². The molecular formula is C17H30N2OSi. The van der Waals surface area contributed by atoms with E-state index in [1.165, 1.54) is 19.3 Å². The van der Waals surface area contributed by atoms with Crippen LogP contribution in [0.2, 0.25) is 18.1 Å². The molecule has 1 fully saturated rings. The molecule has 0 aromatic carbocycles. The van der Waals surface area contributed by atoms with E-state index >= 15 is 0 Å². The minimum absolute atomic E-state index is 0.264. The highest BCUT2D eigenvalue weighted by molar-refractivity contribution is 6.74. The van der Waals surface area contributed by atoms with Crippen LogP contribution in [0, 0.1) is 0 Å². The van der Waals surface area contributed by atoms with Crippen molar-refractivity contribution in [2.75, 3.05) is 5.32 Å². The van der Waals surface area contributed by atoms with Crippen LogP contribution < -0.4 is 5.32 Å². The van der Waals surface area contributed by atoms with Crippen LogP contribution in [0.4, 0.5) is 5.82 Å². The Hall–Kier alpha value is -0.873. The van der Waals surface area contributed by atoms with Crippen LogP contribution in [-0.2, 0) is 4.43 Å². The summed E-state index contributed by atoms with van der Waals surface area (Å²) in [6.07, 6.45) is 7.06. The number of anilines is 1. The molecule has 0 spiro atoms. The van der Waals surface area contributed by atoms with Crippen molar-refractivity contribution in [1.29, 1.82) is 0 Å². The van der Waals surface area contributed by atoms with E-state index in [9.17, 15) is 0 Å². The maximum atomic E-state index is 6.68. The molecule has 1 heterocycles. The predicted molar refractivity (Wildman–Crippen MR) is 92.2 cm³/mol. The van der Waals surface area contributed by atoms with Crippen LogP contribution in [-0.4, -0.2) is 25.4 Å². The van der Waals surface area contributed by atoms with E-state index in [4.69, 9.17) is 4.43 Å². The third-order valence-electron chi connectivity index (χ3n) is 4.95. The highest BCUT2D eigenvalue weighted by Gasteiger charge is 2.41. The molecule has 1 saturated carbocycles. The first-order valence-corrected chi connectivity index (χ1v) is 11.1. The highest BCUT2D eigenvalue weighted by atomic mass is 28.4. The maximum absolute atomic E-state index is 6.68. The van der Waals surface area contributed by atoms with Gasteiger partial charge in [-0.1, -0.05) is 39.7 Å². The predicted octanol–water partition coefficient (Wildman–Crippen LogP) is 4.83. The zero-order valence-electron chi connectivity index (χ0n) is 14.1. The Morgan fingerprint density at radius 1 is 1.19 bits per heavy atom. The fourth-order valence-corrected chi connectivity index (χ4v) is 3.99. The molecule has 0 saturated heterocycles. The number of nitrogens with zero attached hydrogens (tertiary/aromatic N) is 1. The van der Waals surface area contributed by atoms with Crippen molar-refractivity contribution in [1.82, 2.24) is 4.98 Å². The average Bonchev–Trinajstić information content (AvgIpc) is 2.40. The highest BCUT2D eigenvalue weighted by Crippen LogP contribution is 2.39.